The van der Waals surface area contributed by atoms with Crippen molar-refractivity contribution in [1.82, 2.24) is 5.32 Å². The summed E-state index contributed by atoms with van der Waals surface area (Å²) in [4.78, 5) is 14.5. The van der Waals surface area contributed by atoms with Gasteiger partial charge in [0.25, 0.3) is 5.91 Å². The standard InChI is InChI=1S/C18H20N2O4/c21-13-3-1-12(2-4-13)14-5-6-19-18(22)15-11-16(24-17(14)15)20-7-9-23-10-8-20/h1-4,11,14,21H,5-10H2,(H,19,22). The van der Waals surface area contributed by atoms with E-state index in [1.54, 1.807) is 12.1 Å². The van der Waals surface area contributed by atoms with Crippen LogP contribution in [0, 0.1) is 0 Å². The van der Waals surface area contributed by atoms with Crippen molar-refractivity contribution in [3.63, 3.8) is 0 Å². The summed E-state index contributed by atoms with van der Waals surface area (Å²) in [5.74, 6) is 1.57. The van der Waals surface area contributed by atoms with Gasteiger partial charge in [0.2, 0.25) is 0 Å². The Morgan fingerprint density at radius 2 is 1.92 bits per heavy atom. The number of furan rings is 1. The fourth-order valence-electron chi connectivity index (χ4n) is 3.35. The normalized spacial score (nSPS) is 21.1. The molecule has 0 saturated carbocycles. The fourth-order valence-corrected chi connectivity index (χ4v) is 3.35. The van der Waals surface area contributed by atoms with E-state index in [1.807, 2.05) is 18.2 Å². The first-order valence-corrected chi connectivity index (χ1v) is 8.26. The van der Waals surface area contributed by atoms with E-state index in [0.717, 1.165) is 31.0 Å². The molecule has 0 bridgehead atoms. The molecule has 4 rings (SSSR count). The topological polar surface area (TPSA) is 74.9 Å². The van der Waals surface area contributed by atoms with E-state index >= 15 is 0 Å². The molecule has 3 heterocycles. The number of rotatable bonds is 2. The van der Waals surface area contributed by atoms with E-state index in [2.05, 4.69) is 10.2 Å². The quantitative estimate of drug-likeness (QED) is 0.883. The van der Waals surface area contributed by atoms with Crippen molar-refractivity contribution in [3.05, 3.63) is 47.2 Å². The van der Waals surface area contributed by atoms with Crippen LogP contribution in [0.5, 0.6) is 5.75 Å². The molecule has 1 saturated heterocycles. The summed E-state index contributed by atoms with van der Waals surface area (Å²) in [7, 11) is 0. The average Bonchev–Trinajstić information content (AvgIpc) is 2.99. The largest absolute Gasteiger partial charge is 0.508 e. The van der Waals surface area contributed by atoms with Crippen LogP contribution < -0.4 is 10.2 Å². The van der Waals surface area contributed by atoms with Crippen LogP contribution >= 0.6 is 0 Å². The monoisotopic (exact) mass is 328 g/mol. The van der Waals surface area contributed by atoms with Crippen molar-refractivity contribution >= 4 is 11.8 Å². The Morgan fingerprint density at radius 3 is 2.67 bits per heavy atom. The van der Waals surface area contributed by atoms with Gasteiger partial charge in [0.15, 0.2) is 5.88 Å². The lowest BCUT2D eigenvalue weighted by Gasteiger charge is -2.26. The number of amides is 1. The highest BCUT2D eigenvalue weighted by atomic mass is 16.5. The molecule has 1 aromatic carbocycles. The minimum Gasteiger partial charge on any atom is -0.508 e. The Morgan fingerprint density at radius 1 is 1.17 bits per heavy atom. The number of fused-ring (bicyclic) bond motifs is 1. The third kappa shape index (κ3) is 2.73. The molecule has 126 valence electrons. The second-order valence-electron chi connectivity index (χ2n) is 6.15. The van der Waals surface area contributed by atoms with E-state index in [4.69, 9.17) is 9.15 Å². The molecule has 2 N–H and O–H groups in total. The van der Waals surface area contributed by atoms with Gasteiger partial charge in [-0.25, -0.2) is 0 Å². The summed E-state index contributed by atoms with van der Waals surface area (Å²) >= 11 is 0. The average molecular weight is 328 g/mol. The number of phenolic OH excluding ortho intramolecular Hbond substituents is 1. The molecule has 1 aromatic heterocycles. The predicted molar refractivity (Wildman–Crippen MR) is 88.6 cm³/mol. The van der Waals surface area contributed by atoms with Crippen molar-refractivity contribution in [2.24, 2.45) is 0 Å². The van der Waals surface area contributed by atoms with Gasteiger partial charge < -0.3 is 24.5 Å². The van der Waals surface area contributed by atoms with Crippen LogP contribution in [0.2, 0.25) is 0 Å². The molecule has 0 radical (unpaired) electrons. The number of benzene rings is 1. The molecule has 1 unspecified atom stereocenters. The number of aromatic hydroxyl groups is 1. The Labute approximate surface area is 140 Å². The zero-order valence-corrected chi connectivity index (χ0v) is 13.3. The van der Waals surface area contributed by atoms with Gasteiger partial charge in [0.05, 0.1) is 18.8 Å². The van der Waals surface area contributed by atoms with Gasteiger partial charge >= 0.3 is 0 Å². The number of nitrogens with zero attached hydrogens (tertiary/aromatic N) is 1. The molecule has 6 nitrogen and oxygen atoms in total. The molecule has 2 aliphatic heterocycles. The molecular weight excluding hydrogens is 308 g/mol. The van der Waals surface area contributed by atoms with Gasteiger partial charge in [0, 0.05) is 31.6 Å². The summed E-state index contributed by atoms with van der Waals surface area (Å²) < 4.78 is 11.5. The lowest BCUT2D eigenvalue weighted by Crippen LogP contribution is -2.36. The van der Waals surface area contributed by atoms with E-state index in [1.165, 1.54) is 0 Å². The number of nitrogens with one attached hydrogen (secondary N) is 1. The Bertz CT molecular complexity index is 732. The summed E-state index contributed by atoms with van der Waals surface area (Å²) in [5.41, 5.74) is 1.64. The van der Waals surface area contributed by atoms with Gasteiger partial charge in [-0.05, 0) is 24.1 Å². The number of carbonyl (C=O) groups excluding carboxylic acids is 1. The number of anilines is 1. The van der Waals surface area contributed by atoms with Crippen molar-refractivity contribution in [1.29, 1.82) is 0 Å². The Balaban J connectivity index is 1.73. The van der Waals surface area contributed by atoms with Crippen LogP contribution in [-0.4, -0.2) is 43.9 Å². The number of hydrogen-bond donors (Lipinski definition) is 2. The van der Waals surface area contributed by atoms with Gasteiger partial charge in [0.1, 0.15) is 11.5 Å². The Kier molecular flexibility index (Phi) is 3.90. The third-order valence-electron chi connectivity index (χ3n) is 4.65. The third-order valence-corrected chi connectivity index (χ3v) is 4.65. The molecule has 6 heteroatoms. The van der Waals surface area contributed by atoms with Crippen molar-refractivity contribution in [2.75, 3.05) is 37.7 Å². The summed E-state index contributed by atoms with van der Waals surface area (Å²) in [6, 6.07) is 8.95. The lowest BCUT2D eigenvalue weighted by molar-refractivity contribution is 0.0955. The minimum atomic E-state index is -0.0884. The Hall–Kier alpha value is -2.47. The number of morpholine rings is 1. The van der Waals surface area contributed by atoms with Crippen LogP contribution in [0.4, 0.5) is 5.88 Å². The number of phenols is 1. The molecule has 2 aromatic rings. The van der Waals surface area contributed by atoms with Gasteiger partial charge in [-0.2, -0.15) is 0 Å². The first kappa shape index (κ1) is 15.1. The number of hydrogen-bond acceptors (Lipinski definition) is 5. The number of carbonyl (C=O) groups is 1. The molecule has 1 fully saturated rings. The molecule has 24 heavy (non-hydrogen) atoms. The lowest BCUT2D eigenvalue weighted by atomic mass is 9.92. The SMILES string of the molecule is O=C1NCCC(c2ccc(O)cc2)c2oc(N3CCOCC3)cc21. The molecule has 2 aliphatic rings. The zero-order chi connectivity index (χ0) is 16.5. The molecule has 1 amide bonds. The highest BCUT2D eigenvalue weighted by Gasteiger charge is 2.30. The summed E-state index contributed by atoms with van der Waals surface area (Å²) in [5, 5.41) is 12.5. The second-order valence-corrected chi connectivity index (χ2v) is 6.15. The molecule has 0 spiro atoms. The van der Waals surface area contributed by atoms with E-state index < -0.39 is 0 Å². The fraction of sp³-hybridized carbons (Fsp3) is 0.389. The first-order valence-electron chi connectivity index (χ1n) is 8.26. The van der Waals surface area contributed by atoms with Crippen molar-refractivity contribution < 1.29 is 19.1 Å². The first-order chi connectivity index (χ1) is 11.7. The van der Waals surface area contributed by atoms with E-state index in [0.29, 0.717) is 31.1 Å². The van der Waals surface area contributed by atoms with Gasteiger partial charge in [-0.15, -0.1) is 0 Å². The highest BCUT2D eigenvalue weighted by molar-refractivity contribution is 5.96. The molecular formula is C18H20N2O4. The smallest absolute Gasteiger partial charge is 0.254 e. The van der Waals surface area contributed by atoms with Gasteiger partial charge in [-0.3, -0.25) is 4.79 Å². The maximum absolute atomic E-state index is 12.4. The van der Waals surface area contributed by atoms with Crippen molar-refractivity contribution in [3.8, 4) is 5.75 Å². The highest BCUT2D eigenvalue weighted by Crippen LogP contribution is 2.37. The second kappa shape index (κ2) is 6.20. The number of ether oxygens (including phenoxy) is 1. The van der Waals surface area contributed by atoms with Crippen LogP contribution in [0.1, 0.15) is 34.0 Å². The maximum Gasteiger partial charge on any atom is 0.254 e. The van der Waals surface area contributed by atoms with Gasteiger partial charge in [-0.1, -0.05) is 12.1 Å². The predicted octanol–water partition coefficient (Wildman–Crippen LogP) is 2.09. The van der Waals surface area contributed by atoms with Crippen molar-refractivity contribution in [2.45, 2.75) is 12.3 Å². The summed E-state index contributed by atoms with van der Waals surface area (Å²) in [6.45, 7) is 3.45. The zero-order valence-electron chi connectivity index (χ0n) is 13.3. The van der Waals surface area contributed by atoms with Crippen LogP contribution in [0.3, 0.4) is 0 Å². The van der Waals surface area contributed by atoms with Crippen LogP contribution in [0.15, 0.2) is 34.7 Å². The van der Waals surface area contributed by atoms with E-state index in [9.17, 15) is 9.90 Å². The van der Waals surface area contributed by atoms with E-state index in [-0.39, 0.29) is 17.6 Å². The van der Waals surface area contributed by atoms with Crippen LogP contribution in [0.25, 0.3) is 0 Å². The molecule has 1 atom stereocenters. The minimum absolute atomic E-state index is 0.00524. The maximum atomic E-state index is 12.4. The molecule has 0 aliphatic carbocycles. The van der Waals surface area contributed by atoms with Crippen LogP contribution in [-0.2, 0) is 4.74 Å². The summed E-state index contributed by atoms with van der Waals surface area (Å²) in [6.07, 6.45) is 0.763.